The third-order valence-corrected chi connectivity index (χ3v) is 5.07. The second-order valence-electron chi connectivity index (χ2n) is 8.22. The van der Waals surface area contributed by atoms with Crippen molar-refractivity contribution in [3.05, 3.63) is 53.1 Å². The summed E-state index contributed by atoms with van der Waals surface area (Å²) in [5.74, 6) is -1.21. The lowest BCUT2D eigenvalue weighted by Gasteiger charge is -2.13. The number of methoxy groups -OCH3 is 1. The summed E-state index contributed by atoms with van der Waals surface area (Å²) in [5.41, 5.74) is 5.57. The van der Waals surface area contributed by atoms with Crippen LogP contribution in [-0.2, 0) is 19.1 Å². The van der Waals surface area contributed by atoms with Gasteiger partial charge in [0.05, 0.1) is 19.4 Å². The lowest BCUT2D eigenvalue weighted by Crippen LogP contribution is -2.38. The maximum absolute atomic E-state index is 12.3. The molecule has 3 N–H and O–H groups in total. The van der Waals surface area contributed by atoms with E-state index >= 15 is 0 Å². The molecule has 0 heterocycles. The van der Waals surface area contributed by atoms with Crippen LogP contribution in [0.15, 0.2) is 41.5 Å². The van der Waals surface area contributed by atoms with Crippen LogP contribution in [-0.4, -0.2) is 56.9 Å². The number of nitrogens with zero attached hydrogens (tertiary/aromatic N) is 1. The summed E-state index contributed by atoms with van der Waals surface area (Å²) in [6.07, 6.45) is 2.08. The van der Waals surface area contributed by atoms with E-state index < -0.39 is 11.8 Å². The predicted octanol–water partition coefficient (Wildman–Crippen LogP) is 2.71. The number of aryl methyl sites for hydroxylation is 1. The average Bonchev–Trinajstić information content (AvgIpc) is 2.85. The number of nitrogens with one attached hydrogen (secondary N) is 3. The van der Waals surface area contributed by atoms with Crippen LogP contribution in [0.2, 0.25) is 0 Å². The quantitative estimate of drug-likeness (QED) is 0.179. The molecule has 2 aromatic carbocycles. The molecule has 0 aliphatic heterocycles. The summed E-state index contributed by atoms with van der Waals surface area (Å²) in [6.45, 7) is 8.38. The van der Waals surface area contributed by atoms with Crippen molar-refractivity contribution in [1.82, 2.24) is 10.7 Å². The van der Waals surface area contributed by atoms with Gasteiger partial charge in [-0.3, -0.25) is 14.4 Å². The highest BCUT2D eigenvalue weighted by atomic mass is 16.5. The van der Waals surface area contributed by atoms with Gasteiger partial charge in [0.2, 0.25) is 0 Å². The Kier molecular flexibility index (Phi) is 11.4. The third kappa shape index (κ3) is 9.38. The molecule has 0 aliphatic rings. The lowest BCUT2D eigenvalue weighted by molar-refractivity contribution is -0.139. The lowest BCUT2D eigenvalue weighted by atomic mass is 10.1. The Morgan fingerprint density at radius 1 is 1.06 bits per heavy atom. The first-order valence-electron chi connectivity index (χ1n) is 11.6. The number of rotatable bonds is 12. The SMILES string of the molecule is COc1cc(/C=N\NC(=O)C(=O)NCCCOC(C)C)ccc1OCC(=O)Nc1cccc(C)c1C. The molecule has 3 amide bonds. The fourth-order valence-corrected chi connectivity index (χ4v) is 2.99. The minimum absolute atomic E-state index is 0.116. The van der Waals surface area contributed by atoms with E-state index in [2.05, 4.69) is 21.2 Å². The van der Waals surface area contributed by atoms with Crippen molar-refractivity contribution < 1.29 is 28.6 Å². The molecule has 0 aromatic heterocycles. The van der Waals surface area contributed by atoms with Crippen molar-refractivity contribution in [1.29, 1.82) is 0 Å². The molecule has 0 saturated heterocycles. The molecular formula is C26H34N4O6. The second-order valence-corrected chi connectivity index (χ2v) is 8.22. The van der Waals surface area contributed by atoms with Crippen LogP contribution < -0.4 is 25.5 Å². The fraction of sp³-hybridized carbons (Fsp3) is 0.385. The molecule has 0 saturated carbocycles. The van der Waals surface area contributed by atoms with Crippen LogP contribution in [0.3, 0.4) is 0 Å². The van der Waals surface area contributed by atoms with Crippen LogP contribution in [0, 0.1) is 13.8 Å². The van der Waals surface area contributed by atoms with Crippen LogP contribution >= 0.6 is 0 Å². The molecule has 194 valence electrons. The zero-order valence-electron chi connectivity index (χ0n) is 21.3. The van der Waals surface area contributed by atoms with Crippen LogP contribution in [0.1, 0.15) is 37.0 Å². The molecule has 0 fully saturated rings. The summed E-state index contributed by atoms with van der Waals surface area (Å²) in [5, 5.41) is 9.14. The van der Waals surface area contributed by atoms with Gasteiger partial charge in [-0.2, -0.15) is 5.10 Å². The largest absolute Gasteiger partial charge is 0.493 e. The zero-order chi connectivity index (χ0) is 26.5. The molecule has 10 nitrogen and oxygen atoms in total. The van der Waals surface area contributed by atoms with Gasteiger partial charge in [0.15, 0.2) is 18.1 Å². The molecule has 0 spiro atoms. The van der Waals surface area contributed by atoms with E-state index in [1.165, 1.54) is 13.3 Å². The standard InChI is InChI=1S/C26H34N4O6/c1-17(2)35-13-7-12-27-25(32)26(33)30-28-15-20-10-11-22(23(14-20)34-5)36-16-24(31)29-21-9-6-8-18(3)19(21)4/h6,8-11,14-15,17H,7,12-13,16H2,1-5H3,(H,27,32)(H,29,31)(H,30,33)/b28-15-. The Bertz CT molecular complexity index is 1080. The number of carbonyl (C=O) groups excluding carboxylic acids is 3. The smallest absolute Gasteiger partial charge is 0.329 e. The van der Waals surface area contributed by atoms with Crippen LogP contribution in [0.25, 0.3) is 0 Å². The van der Waals surface area contributed by atoms with E-state index in [1.54, 1.807) is 18.2 Å². The van der Waals surface area contributed by atoms with Gasteiger partial charge in [0.1, 0.15) is 0 Å². The first-order chi connectivity index (χ1) is 17.2. The number of benzene rings is 2. The van der Waals surface area contributed by atoms with E-state index in [0.29, 0.717) is 36.6 Å². The third-order valence-electron chi connectivity index (χ3n) is 5.07. The summed E-state index contributed by atoms with van der Waals surface area (Å²) < 4.78 is 16.3. The minimum Gasteiger partial charge on any atom is -0.493 e. The average molecular weight is 499 g/mol. The van der Waals surface area contributed by atoms with Gasteiger partial charge in [-0.25, -0.2) is 5.43 Å². The Balaban J connectivity index is 1.83. The number of amides is 3. The number of hydrogen-bond acceptors (Lipinski definition) is 7. The maximum atomic E-state index is 12.3. The van der Waals surface area contributed by atoms with Crippen LogP contribution in [0.4, 0.5) is 5.69 Å². The Hall–Kier alpha value is -3.92. The molecule has 2 rings (SSSR count). The Morgan fingerprint density at radius 3 is 2.56 bits per heavy atom. The highest BCUT2D eigenvalue weighted by Crippen LogP contribution is 2.27. The fourth-order valence-electron chi connectivity index (χ4n) is 2.99. The van der Waals surface area contributed by atoms with E-state index in [9.17, 15) is 14.4 Å². The monoisotopic (exact) mass is 498 g/mol. The second kappa shape index (κ2) is 14.5. The molecule has 2 aromatic rings. The van der Waals surface area contributed by atoms with E-state index in [4.69, 9.17) is 14.2 Å². The van der Waals surface area contributed by atoms with E-state index in [0.717, 1.165) is 16.8 Å². The first-order valence-corrected chi connectivity index (χ1v) is 11.6. The molecule has 36 heavy (non-hydrogen) atoms. The van der Waals surface area contributed by atoms with Gasteiger partial charge in [-0.15, -0.1) is 0 Å². The molecular weight excluding hydrogens is 464 g/mol. The van der Waals surface area contributed by atoms with Gasteiger partial charge in [-0.1, -0.05) is 12.1 Å². The number of hydrazone groups is 1. The normalized spacial score (nSPS) is 10.8. The van der Waals surface area contributed by atoms with Gasteiger partial charge < -0.3 is 24.8 Å². The van der Waals surface area contributed by atoms with Crippen molar-refractivity contribution in [2.75, 3.05) is 32.2 Å². The maximum Gasteiger partial charge on any atom is 0.329 e. The van der Waals surface area contributed by atoms with Crippen molar-refractivity contribution in [2.45, 2.75) is 40.2 Å². The Morgan fingerprint density at radius 2 is 1.83 bits per heavy atom. The van der Waals surface area contributed by atoms with E-state index in [1.807, 2.05) is 45.9 Å². The molecule has 0 unspecified atom stereocenters. The number of carbonyl (C=O) groups is 3. The number of ether oxygens (including phenoxy) is 3. The summed E-state index contributed by atoms with van der Waals surface area (Å²) in [4.78, 5) is 36.0. The summed E-state index contributed by atoms with van der Waals surface area (Å²) in [6, 6.07) is 10.6. The Labute approximate surface area is 211 Å². The van der Waals surface area contributed by atoms with Gasteiger partial charge in [0, 0.05) is 18.8 Å². The number of hydrogen-bond donors (Lipinski definition) is 3. The number of anilines is 1. The van der Waals surface area contributed by atoms with E-state index in [-0.39, 0.29) is 18.6 Å². The zero-order valence-corrected chi connectivity index (χ0v) is 21.3. The highest BCUT2D eigenvalue weighted by Gasteiger charge is 2.12. The highest BCUT2D eigenvalue weighted by molar-refractivity contribution is 6.35. The van der Waals surface area contributed by atoms with Gasteiger partial charge in [0.25, 0.3) is 5.91 Å². The van der Waals surface area contributed by atoms with Crippen molar-refractivity contribution in [3.8, 4) is 11.5 Å². The molecule has 0 aliphatic carbocycles. The molecule has 0 atom stereocenters. The van der Waals surface area contributed by atoms with Crippen molar-refractivity contribution >= 4 is 29.6 Å². The minimum atomic E-state index is -0.877. The molecule has 10 heteroatoms. The summed E-state index contributed by atoms with van der Waals surface area (Å²) in [7, 11) is 1.47. The van der Waals surface area contributed by atoms with Crippen LogP contribution in [0.5, 0.6) is 11.5 Å². The summed E-state index contributed by atoms with van der Waals surface area (Å²) >= 11 is 0. The van der Waals surface area contributed by atoms with Gasteiger partial charge >= 0.3 is 11.8 Å². The molecule has 0 radical (unpaired) electrons. The first kappa shape index (κ1) is 28.3. The van der Waals surface area contributed by atoms with Crippen molar-refractivity contribution in [2.24, 2.45) is 5.10 Å². The topological polar surface area (TPSA) is 127 Å². The molecule has 0 bridgehead atoms. The van der Waals surface area contributed by atoms with Gasteiger partial charge in [-0.05, 0) is 75.1 Å². The predicted molar refractivity (Wildman–Crippen MR) is 137 cm³/mol. The van der Waals surface area contributed by atoms with Crippen molar-refractivity contribution in [3.63, 3.8) is 0 Å².